The average molecular weight is 413 g/mol. The number of hydrogen-bond acceptors (Lipinski definition) is 9. The first-order valence-corrected chi connectivity index (χ1v) is 8.93. The number of carbonyl (C=O) groups excluding carboxylic acids is 1. The molecule has 0 atom stereocenters. The molecule has 1 amide bonds. The maximum atomic E-state index is 12.4. The third-order valence-corrected chi connectivity index (χ3v) is 4.43. The van der Waals surface area contributed by atoms with Gasteiger partial charge in [0.2, 0.25) is 18.4 Å². The molecule has 0 aliphatic carbocycles. The van der Waals surface area contributed by atoms with Crippen LogP contribution in [0.25, 0.3) is 11.4 Å². The van der Waals surface area contributed by atoms with Crippen LogP contribution in [0.1, 0.15) is 16.2 Å². The van der Waals surface area contributed by atoms with Crippen molar-refractivity contribution in [3.63, 3.8) is 0 Å². The number of hydrogen-bond donors (Lipinski definition) is 1. The molecule has 0 bridgehead atoms. The fourth-order valence-electron chi connectivity index (χ4n) is 2.96. The van der Waals surface area contributed by atoms with Crippen LogP contribution in [0.5, 0.6) is 28.7 Å². The van der Waals surface area contributed by atoms with Gasteiger partial charge in [-0.25, -0.2) is 0 Å². The Kier molecular flexibility index (Phi) is 5.29. The summed E-state index contributed by atoms with van der Waals surface area (Å²) >= 11 is 0. The minimum absolute atomic E-state index is 0.157. The Labute approximate surface area is 171 Å². The zero-order valence-electron chi connectivity index (χ0n) is 16.6. The Morgan fingerprint density at radius 1 is 1.03 bits per heavy atom. The lowest BCUT2D eigenvalue weighted by Crippen LogP contribution is -2.23. The quantitative estimate of drug-likeness (QED) is 0.623. The van der Waals surface area contributed by atoms with Gasteiger partial charge in [0.25, 0.3) is 0 Å². The Morgan fingerprint density at radius 3 is 2.47 bits per heavy atom. The van der Waals surface area contributed by atoms with Crippen LogP contribution >= 0.6 is 0 Å². The Hall–Kier alpha value is -3.95. The topological polar surface area (TPSA) is 114 Å². The van der Waals surface area contributed by atoms with E-state index in [4.69, 9.17) is 28.2 Å². The Morgan fingerprint density at radius 2 is 1.77 bits per heavy atom. The average Bonchev–Trinajstić information content (AvgIpc) is 3.45. The summed E-state index contributed by atoms with van der Waals surface area (Å²) in [5, 5.41) is 6.60. The van der Waals surface area contributed by atoms with Crippen molar-refractivity contribution in [3.8, 4) is 40.1 Å². The van der Waals surface area contributed by atoms with E-state index in [1.807, 2.05) is 0 Å². The van der Waals surface area contributed by atoms with E-state index in [0.717, 1.165) is 5.56 Å². The first-order valence-electron chi connectivity index (χ1n) is 8.93. The van der Waals surface area contributed by atoms with Crippen molar-refractivity contribution >= 4 is 5.91 Å². The fraction of sp³-hybridized carbons (Fsp3) is 0.250. The van der Waals surface area contributed by atoms with Crippen molar-refractivity contribution in [2.45, 2.75) is 6.54 Å². The van der Waals surface area contributed by atoms with Crippen LogP contribution in [0.15, 0.2) is 34.9 Å². The summed E-state index contributed by atoms with van der Waals surface area (Å²) in [6, 6.07) is 8.72. The molecule has 0 fully saturated rings. The van der Waals surface area contributed by atoms with Gasteiger partial charge in [0.1, 0.15) is 0 Å². The molecule has 0 saturated heterocycles. The van der Waals surface area contributed by atoms with Crippen LogP contribution < -0.4 is 29.0 Å². The fourth-order valence-corrected chi connectivity index (χ4v) is 2.96. The first-order chi connectivity index (χ1) is 14.6. The van der Waals surface area contributed by atoms with E-state index < -0.39 is 5.91 Å². The summed E-state index contributed by atoms with van der Waals surface area (Å²) in [6.45, 7) is 0.358. The van der Waals surface area contributed by atoms with Gasteiger partial charge in [-0.05, 0) is 35.9 Å². The molecule has 156 valence electrons. The molecule has 10 heteroatoms. The van der Waals surface area contributed by atoms with Gasteiger partial charge in [0.05, 0.1) is 21.3 Å². The Bertz CT molecular complexity index is 1060. The number of nitrogens with zero attached hydrogens (tertiary/aromatic N) is 2. The molecule has 0 saturated carbocycles. The van der Waals surface area contributed by atoms with Gasteiger partial charge in [0, 0.05) is 12.1 Å². The van der Waals surface area contributed by atoms with Gasteiger partial charge in [0.15, 0.2) is 23.0 Å². The van der Waals surface area contributed by atoms with Gasteiger partial charge in [-0.2, -0.15) is 4.98 Å². The molecule has 30 heavy (non-hydrogen) atoms. The minimum atomic E-state index is -0.511. The van der Waals surface area contributed by atoms with Crippen LogP contribution in [-0.4, -0.2) is 44.2 Å². The second kappa shape index (κ2) is 8.19. The van der Waals surface area contributed by atoms with Gasteiger partial charge < -0.3 is 33.5 Å². The lowest BCUT2D eigenvalue weighted by Gasteiger charge is -2.14. The van der Waals surface area contributed by atoms with Crippen LogP contribution in [0, 0.1) is 0 Å². The highest BCUT2D eigenvalue weighted by atomic mass is 16.7. The number of rotatable bonds is 7. The van der Waals surface area contributed by atoms with E-state index >= 15 is 0 Å². The number of carbonyl (C=O) groups is 1. The van der Waals surface area contributed by atoms with Crippen LogP contribution in [-0.2, 0) is 6.54 Å². The predicted octanol–water partition coefficient (Wildman–Crippen LogP) is 2.42. The van der Waals surface area contributed by atoms with E-state index in [1.54, 1.807) is 30.3 Å². The lowest BCUT2D eigenvalue weighted by atomic mass is 10.1. The highest BCUT2D eigenvalue weighted by Crippen LogP contribution is 2.38. The molecule has 3 aromatic rings. The maximum Gasteiger partial charge on any atom is 0.316 e. The summed E-state index contributed by atoms with van der Waals surface area (Å²) in [7, 11) is 4.57. The van der Waals surface area contributed by atoms with Crippen molar-refractivity contribution in [2.24, 2.45) is 0 Å². The molecule has 1 aliphatic rings. The van der Waals surface area contributed by atoms with E-state index in [0.29, 0.717) is 34.3 Å². The molecule has 1 N–H and O–H groups in total. The lowest BCUT2D eigenvalue weighted by molar-refractivity contribution is 0.0907. The predicted molar refractivity (Wildman–Crippen MR) is 103 cm³/mol. The highest BCUT2D eigenvalue weighted by Gasteiger charge is 2.20. The van der Waals surface area contributed by atoms with Crippen molar-refractivity contribution in [3.05, 3.63) is 41.8 Å². The summed E-state index contributed by atoms with van der Waals surface area (Å²) < 4.78 is 31.6. The van der Waals surface area contributed by atoms with Gasteiger partial charge in [-0.15, -0.1) is 0 Å². The van der Waals surface area contributed by atoms with Crippen molar-refractivity contribution in [1.82, 2.24) is 15.5 Å². The summed E-state index contributed by atoms with van der Waals surface area (Å²) in [5.41, 5.74) is 1.39. The molecule has 0 spiro atoms. The summed E-state index contributed by atoms with van der Waals surface area (Å²) in [5.74, 6) is 2.29. The number of ether oxygens (including phenoxy) is 5. The van der Waals surface area contributed by atoms with Crippen molar-refractivity contribution < 1.29 is 33.0 Å². The van der Waals surface area contributed by atoms with Crippen LogP contribution in [0.3, 0.4) is 0 Å². The maximum absolute atomic E-state index is 12.4. The number of aromatic nitrogens is 2. The molecular weight excluding hydrogens is 394 g/mol. The second-order valence-corrected chi connectivity index (χ2v) is 6.21. The van der Waals surface area contributed by atoms with E-state index in [2.05, 4.69) is 15.5 Å². The largest absolute Gasteiger partial charge is 0.493 e. The molecule has 2 heterocycles. The molecule has 1 aliphatic heterocycles. The molecule has 10 nitrogen and oxygen atoms in total. The molecule has 1 aromatic heterocycles. The molecular formula is C20H19N3O7. The normalized spacial score (nSPS) is 11.8. The molecule has 4 rings (SSSR count). The molecule has 0 radical (unpaired) electrons. The summed E-state index contributed by atoms with van der Waals surface area (Å²) in [6.07, 6.45) is 0. The number of fused-ring (bicyclic) bond motifs is 1. The van der Waals surface area contributed by atoms with E-state index in [9.17, 15) is 4.79 Å². The number of benzene rings is 2. The van der Waals surface area contributed by atoms with Crippen molar-refractivity contribution in [2.75, 3.05) is 28.1 Å². The zero-order valence-corrected chi connectivity index (χ0v) is 16.6. The summed E-state index contributed by atoms with van der Waals surface area (Å²) in [4.78, 5) is 16.6. The first kappa shape index (κ1) is 19.4. The standard InChI is InChI=1S/C20H19N3O7/c1-25-15-6-11(7-16(26-2)17(15)27-3)9-21-19(24)20-22-18(23-30-20)12-4-5-13-14(8-12)29-10-28-13/h4-8H,9-10H2,1-3H3,(H,21,24). The zero-order chi connectivity index (χ0) is 21.1. The molecule has 2 aromatic carbocycles. The van der Waals surface area contributed by atoms with Gasteiger partial charge in [-0.1, -0.05) is 5.16 Å². The van der Waals surface area contributed by atoms with E-state index in [-0.39, 0.29) is 25.1 Å². The van der Waals surface area contributed by atoms with Crippen molar-refractivity contribution in [1.29, 1.82) is 0 Å². The second-order valence-electron chi connectivity index (χ2n) is 6.21. The van der Waals surface area contributed by atoms with Crippen LogP contribution in [0.4, 0.5) is 0 Å². The third kappa shape index (κ3) is 3.66. The van der Waals surface area contributed by atoms with Gasteiger partial charge in [-0.3, -0.25) is 4.79 Å². The highest BCUT2D eigenvalue weighted by molar-refractivity contribution is 5.89. The number of nitrogens with one attached hydrogen (secondary N) is 1. The van der Waals surface area contributed by atoms with Crippen LogP contribution in [0.2, 0.25) is 0 Å². The number of methoxy groups -OCH3 is 3. The smallest absolute Gasteiger partial charge is 0.316 e. The van der Waals surface area contributed by atoms with E-state index in [1.165, 1.54) is 21.3 Å². The molecule has 0 unspecified atom stereocenters. The Balaban J connectivity index is 1.46. The van der Waals surface area contributed by atoms with Gasteiger partial charge >= 0.3 is 11.8 Å². The third-order valence-electron chi connectivity index (χ3n) is 4.43. The number of amides is 1. The SMILES string of the molecule is COc1cc(CNC(=O)c2nc(-c3ccc4c(c3)OCO4)no2)cc(OC)c1OC. The minimum Gasteiger partial charge on any atom is -0.493 e. The monoisotopic (exact) mass is 413 g/mol.